The molecule has 2 N–H and O–H groups in total. The van der Waals surface area contributed by atoms with Crippen molar-refractivity contribution in [2.75, 3.05) is 5.73 Å². The van der Waals surface area contributed by atoms with Crippen LogP contribution < -0.4 is 5.73 Å². The number of fused-ring (bicyclic) bond motifs is 2. The minimum Gasteiger partial charge on any atom is -0.380 e. The first-order chi connectivity index (χ1) is 10.6. The molecule has 1 aromatic heterocycles. The van der Waals surface area contributed by atoms with Gasteiger partial charge in [-0.1, -0.05) is 41.6 Å². The Hall–Kier alpha value is -2.88. The smallest absolute Gasteiger partial charge is 0.205 e. The average Bonchev–Trinajstić information content (AvgIpc) is 2.91. The van der Waals surface area contributed by atoms with E-state index in [2.05, 4.69) is 36.3 Å². The molecule has 0 atom stereocenters. The summed E-state index contributed by atoms with van der Waals surface area (Å²) >= 11 is 0. The Labute approximate surface area is 126 Å². The maximum absolute atomic E-state index is 13.8. The first kappa shape index (κ1) is 12.8. The summed E-state index contributed by atoms with van der Waals surface area (Å²) < 4.78 is 18.8. The predicted molar refractivity (Wildman–Crippen MR) is 86.1 cm³/mol. The summed E-state index contributed by atoms with van der Waals surface area (Å²) in [5.74, 6) is -0.256. The fourth-order valence-corrected chi connectivity index (χ4v) is 2.89. The van der Waals surface area contributed by atoms with Crippen LogP contribution >= 0.6 is 0 Å². The molecule has 3 aromatic carbocycles. The first-order valence-electron chi connectivity index (χ1n) is 6.98. The van der Waals surface area contributed by atoms with Gasteiger partial charge in [-0.15, -0.1) is 0 Å². The van der Waals surface area contributed by atoms with E-state index in [1.165, 1.54) is 17.0 Å². The number of anilines is 1. The molecule has 0 unspecified atom stereocenters. The highest BCUT2D eigenvalue weighted by molar-refractivity contribution is 6.02. The van der Waals surface area contributed by atoms with Gasteiger partial charge in [0.1, 0.15) is 0 Å². The fourth-order valence-electron chi connectivity index (χ4n) is 2.89. The molecule has 22 heavy (non-hydrogen) atoms. The second kappa shape index (κ2) is 4.56. The molecule has 0 aliphatic heterocycles. The van der Waals surface area contributed by atoms with Crippen LogP contribution in [0.5, 0.6) is 0 Å². The van der Waals surface area contributed by atoms with E-state index in [-0.39, 0.29) is 11.4 Å². The van der Waals surface area contributed by atoms with Crippen molar-refractivity contribution in [3.8, 4) is 11.1 Å². The van der Waals surface area contributed by atoms with Crippen LogP contribution in [0.3, 0.4) is 0 Å². The quantitative estimate of drug-likeness (QED) is 0.554. The molecule has 4 rings (SSSR count). The summed E-state index contributed by atoms with van der Waals surface area (Å²) in [5.41, 5.74) is 8.94. The van der Waals surface area contributed by atoms with Gasteiger partial charge in [0.15, 0.2) is 11.6 Å². The number of benzene rings is 3. The molecule has 0 fully saturated rings. The van der Waals surface area contributed by atoms with E-state index < -0.39 is 5.82 Å². The molecule has 0 aliphatic carbocycles. The van der Waals surface area contributed by atoms with Crippen molar-refractivity contribution in [2.24, 2.45) is 0 Å². The zero-order valence-electron chi connectivity index (χ0n) is 11.9. The van der Waals surface area contributed by atoms with Gasteiger partial charge in [0.2, 0.25) is 5.58 Å². The second-order valence-electron chi connectivity index (χ2n) is 5.38. The van der Waals surface area contributed by atoms with Crippen LogP contribution in [0, 0.1) is 12.7 Å². The van der Waals surface area contributed by atoms with Crippen LogP contribution in [0.25, 0.3) is 32.9 Å². The maximum atomic E-state index is 13.8. The van der Waals surface area contributed by atoms with Gasteiger partial charge in [-0.3, -0.25) is 0 Å². The highest BCUT2D eigenvalue weighted by Crippen LogP contribution is 2.35. The lowest BCUT2D eigenvalue weighted by molar-refractivity contribution is 0.444. The monoisotopic (exact) mass is 292 g/mol. The lowest BCUT2D eigenvalue weighted by Gasteiger charge is -2.07. The van der Waals surface area contributed by atoms with Crippen molar-refractivity contribution >= 4 is 27.6 Å². The van der Waals surface area contributed by atoms with E-state index in [1.807, 2.05) is 12.1 Å². The summed E-state index contributed by atoms with van der Waals surface area (Å²) in [6.07, 6.45) is 0. The molecule has 108 valence electrons. The van der Waals surface area contributed by atoms with Crippen LogP contribution in [0.2, 0.25) is 0 Å². The molecule has 0 spiro atoms. The molecule has 0 saturated carbocycles. The van der Waals surface area contributed by atoms with Gasteiger partial charge in [0, 0.05) is 0 Å². The number of hydrogen-bond acceptors (Lipinski definition) is 3. The summed E-state index contributed by atoms with van der Waals surface area (Å²) in [7, 11) is 0. The summed E-state index contributed by atoms with van der Waals surface area (Å²) in [5, 5.41) is 6.53. The Bertz CT molecular complexity index is 1020. The molecule has 4 aromatic rings. The maximum Gasteiger partial charge on any atom is 0.205 e. The number of nitrogens with two attached hydrogens (primary N) is 1. The van der Waals surface area contributed by atoms with Crippen molar-refractivity contribution in [3.63, 3.8) is 0 Å². The predicted octanol–water partition coefficient (Wildman–Crippen LogP) is 4.68. The average molecular weight is 292 g/mol. The van der Waals surface area contributed by atoms with Gasteiger partial charge in [-0.2, -0.15) is 0 Å². The Balaban J connectivity index is 2.03. The minimum atomic E-state index is -0.459. The summed E-state index contributed by atoms with van der Waals surface area (Å²) in [6.45, 7) is 2.08. The zero-order chi connectivity index (χ0) is 15.3. The van der Waals surface area contributed by atoms with E-state index in [1.54, 1.807) is 6.07 Å². The van der Waals surface area contributed by atoms with Gasteiger partial charge >= 0.3 is 0 Å². The Kier molecular flexibility index (Phi) is 2.66. The normalized spacial score (nSPS) is 11.4. The van der Waals surface area contributed by atoms with E-state index in [0.29, 0.717) is 5.39 Å². The van der Waals surface area contributed by atoms with Crippen LogP contribution in [-0.4, -0.2) is 5.16 Å². The number of nitrogens with zero attached hydrogens (tertiary/aromatic N) is 1. The number of hydrogen-bond donors (Lipinski definition) is 1. The van der Waals surface area contributed by atoms with Crippen LogP contribution in [0.1, 0.15) is 5.56 Å². The third-order valence-electron chi connectivity index (χ3n) is 4.01. The zero-order valence-corrected chi connectivity index (χ0v) is 11.9. The Morgan fingerprint density at radius 1 is 1.09 bits per heavy atom. The van der Waals surface area contributed by atoms with Gasteiger partial charge in [-0.25, -0.2) is 4.39 Å². The molecule has 4 heteroatoms. The lowest BCUT2D eigenvalue weighted by Crippen LogP contribution is -1.88. The second-order valence-corrected chi connectivity index (χ2v) is 5.38. The van der Waals surface area contributed by atoms with Gasteiger partial charge in [0.25, 0.3) is 0 Å². The highest BCUT2D eigenvalue weighted by Gasteiger charge is 2.16. The van der Waals surface area contributed by atoms with Gasteiger partial charge < -0.3 is 10.3 Å². The van der Waals surface area contributed by atoms with Crippen molar-refractivity contribution in [2.45, 2.75) is 6.92 Å². The number of rotatable bonds is 1. The number of nitrogen functional groups attached to an aromatic ring is 1. The number of halogens is 1. The van der Waals surface area contributed by atoms with Crippen LogP contribution in [-0.2, 0) is 0 Å². The number of aryl methyl sites for hydroxylation is 1. The highest BCUT2D eigenvalue weighted by atomic mass is 19.1. The van der Waals surface area contributed by atoms with E-state index in [0.717, 1.165) is 16.5 Å². The third kappa shape index (κ3) is 1.77. The van der Waals surface area contributed by atoms with E-state index >= 15 is 0 Å². The van der Waals surface area contributed by atoms with Crippen molar-refractivity contribution in [3.05, 3.63) is 59.9 Å². The molecule has 0 radical (unpaired) electrons. The molecule has 0 saturated heterocycles. The van der Waals surface area contributed by atoms with Crippen LogP contribution in [0.4, 0.5) is 10.2 Å². The molecule has 1 heterocycles. The largest absolute Gasteiger partial charge is 0.380 e. The van der Waals surface area contributed by atoms with Crippen molar-refractivity contribution in [1.82, 2.24) is 5.16 Å². The summed E-state index contributed by atoms with van der Waals surface area (Å²) in [6, 6.07) is 15.4. The SMILES string of the molecule is Cc1cccc2cc(-c3ccc(F)c4onc(N)c34)ccc12. The van der Waals surface area contributed by atoms with Gasteiger partial charge in [0.05, 0.1) is 5.39 Å². The van der Waals surface area contributed by atoms with Gasteiger partial charge in [-0.05, 0) is 46.5 Å². The molecular formula is C18H13FN2O. The lowest BCUT2D eigenvalue weighted by atomic mass is 9.97. The molecule has 3 nitrogen and oxygen atoms in total. The van der Waals surface area contributed by atoms with Crippen LogP contribution in [0.15, 0.2) is 53.1 Å². The first-order valence-corrected chi connectivity index (χ1v) is 6.98. The third-order valence-corrected chi connectivity index (χ3v) is 4.01. The Morgan fingerprint density at radius 2 is 1.95 bits per heavy atom. The number of aromatic nitrogens is 1. The molecule has 0 bridgehead atoms. The Morgan fingerprint density at radius 3 is 2.82 bits per heavy atom. The van der Waals surface area contributed by atoms with E-state index in [9.17, 15) is 4.39 Å². The fraction of sp³-hybridized carbons (Fsp3) is 0.0556. The van der Waals surface area contributed by atoms with Crippen molar-refractivity contribution in [1.29, 1.82) is 0 Å². The van der Waals surface area contributed by atoms with E-state index in [4.69, 9.17) is 10.3 Å². The summed E-state index contributed by atoms with van der Waals surface area (Å²) in [4.78, 5) is 0. The topological polar surface area (TPSA) is 52.0 Å². The molecular weight excluding hydrogens is 279 g/mol. The molecule has 0 amide bonds. The standard InChI is InChI=1S/C18H13FN2O/c1-10-3-2-4-11-9-12(5-6-13(10)11)14-7-8-15(19)17-16(14)18(20)21-22-17/h2-9H,1H3,(H2,20,21). The van der Waals surface area contributed by atoms with Crippen molar-refractivity contribution < 1.29 is 8.91 Å². The minimum absolute atomic E-state index is 0.0966. The molecule has 0 aliphatic rings.